The second kappa shape index (κ2) is 8.67. The summed E-state index contributed by atoms with van der Waals surface area (Å²) < 4.78 is 34.2. The van der Waals surface area contributed by atoms with Crippen molar-refractivity contribution in [3.8, 4) is 22.5 Å². The molecule has 0 saturated carbocycles. The van der Waals surface area contributed by atoms with Crippen LogP contribution in [0.5, 0.6) is 11.8 Å². The molecular weight excluding hydrogens is 442 g/mol. The Morgan fingerprint density at radius 3 is 2.19 bits per heavy atom. The number of hydrogen-bond acceptors (Lipinski definition) is 7. The summed E-state index contributed by atoms with van der Waals surface area (Å²) in [6.07, 6.45) is 0. The van der Waals surface area contributed by atoms with Crippen LogP contribution in [0.3, 0.4) is 0 Å². The lowest BCUT2D eigenvalue weighted by Gasteiger charge is -2.20. The first-order chi connectivity index (χ1) is 12.8. The van der Waals surface area contributed by atoms with Crippen LogP contribution >= 0.6 is 15.9 Å². The van der Waals surface area contributed by atoms with E-state index in [-0.39, 0.29) is 23.4 Å². The molecule has 1 aromatic heterocycles. The van der Waals surface area contributed by atoms with E-state index in [1.807, 2.05) is 0 Å². The van der Waals surface area contributed by atoms with Gasteiger partial charge in [-0.05, 0) is 29.1 Å². The van der Waals surface area contributed by atoms with Crippen molar-refractivity contribution in [3.63, 3.8) is 0 Å². The zero-order valence-corrected chi connectivity index (χ0v) is 16.5. The average Bonchev–Trinajstić information content (AvgIpc) is 2.62. The van der Waals surface area contributed by atoms with Crippen molar-refractivity contribution in [1.29, 1.82) is 0 Å². The standard InChI is InChI=1S/C15H14BrN5O5S/c1-25-12-9-13(26-2)19-14(18-12)20-15(22)21(27(17,23)24)11-5-3-10(4-6-11)7-8-16/h3-6,9H,1-2H3,(H2,17,23,24)(H,18,19,20,22). The molecule has 2 aromatic rings. The number of nitrogens with zero attached hydrogens (tertiary/aromatic N) is 3. The van der Waals surface area contributed by atoms with E-state index in [1.165, 1.54) is 44.6 Å². The van der Waals surface area contributed by atoms with Crippen molar-refractivity contribution < 1.29 is 22.7 Å². The zero-order chi connectivity index (χ0) is 20.0. The Hall–Kier alpha value is -2.88. The Balaban J connectivity index is 2.37. The summed E-state index contributed by atoms with van der Waals surface area (Å²) in [5, 5.41) is 7.43. The molecule has 1 heterocycles. The van der Waals surface area contributed by atoms with E-state index in [2.05, 4.69) is 42.0 Å². The Morgan fingerprint density at radius 1 is 1.19 bits per heavy atom. The molecule has 2 amide bonds. The van der Waals surface area contributed by atoms with Crippen LogP contribution in [-0.4, -0.2) is 38.6 Å². The lowest BCUT2D eigenvalue weighted by atomic mass is 10.2. The Bertz CT molecular complexity index is 979. The maximum atomic E-state index is 12.5. The molecule has 0 radical (unpaired) electrons. The highest BCUT2D eigenvalue weighted by atomic mass is 79.9. The van der Waals surface area contributed by atoms with Gasteiger partial charge < -0.3 is 9.47 Å². The third kappa shape index (κ3) is 5.30. The molecule has 0 fully saturated rings. The minimum Gasteiger partial charge on any atom is -0.481 e. The Morgan fingerprint density at radius 2 is 1.74 bits per heavy atom. The first-order valence-electron chi connectivity index (χ1n) is 7.11. The topological polar surface area (TPSA) is 137 Å². The lowest BCUT2D eigenvalue weighted by molar-refractivity contribution is 0.259. The van der Waals surface area contributed by atoms with Gasteiger partial charge in [0.25, 0.3) is 0 Å². The van der Waals surface area contributed by atoms with Gasteiger partial charge in [0, 0.05) is 21.5 Å². The van der Waals surface area contributed by atoms with Crippen LogP contribution in [0, 0.1) is 10.8 Å². The fourth-order valence-corrected chi connectivity index (χ4v) is 2.85. The summed E-state index contributed by atoms with van der Waals surface area (Å²) in [5.74, 6) is 2.71. The number of methoxy groups -OCH3 is 2. The van der Waals surface area contributed by atoms with Gasteiger partial charge in [-0.1, -0.05) is 5.92 Å². The molecule has 10 nitrogen and oxygen atoms in total. The molecule has 3 N–H and O–H groups in total. The molecular formula is C15H14BrN5O5S. The number of nitrogens with two attached hydrogens (primary N) is 1. The SMILES string of the molecule is COc1cc(OC)nc(NC(=O)N(c2ccc(C#CBr)cc2)S(N)(=O)=O)n1. The maximum Gasteiger partial charge on any atom is 0.343 e. The number of nitrogens with one attached hydrogen (secondary N) is 1. The first-order valence-corrected chi connectivity index (χ1v) is 9.41. The van der Waals surface area contributed by atoms with E-state index in [4.69, 9.17) is 14.6 Å². The van der Waals surface area contributed by atoms with Crippen molar-refractivity contribution in [2.24, 2.45) is 5.14 Å². The molecule has 1 aromatic carbocycles. The third-order valence-electron chi connectivity index (χ3n) is 3.05. The summed E-state index contributed by atoms with van der Waals surface area (Å²) in [6.45, 7) is 0. The number of benzene rings is 1. The van der Waals surface area contributed by atoms with Crippen LogP contribution in [0.15, 0.2) is 30.3 Å². The number of carbonyl (C=O) groups is 1. The highest BCUT2D eigenvalue weighted by Crippen LogP contribution is 2.21. The number of aromatic nitrogens is 2. The van der Waals surface area contributed by atoms with Gasteiger partial charge in [0.05, 0.1) is 26.0 Å². The first kappa shape index (κ1) is 20.4. The molecule has 0 atom stereocenters. The second-order valence-corrected chi connectivity index (χ2v) is 6.57. The van der Waals surface area contributed by atoms with Gasteiger partial charge in [0.2, 0.25) is 17.7 Å². The van der Waals surface area contributed by atoms with Crippen molar-refractivity contribution in [2.75, 3.05) is 23.8 Å². The van der Waals surface area contributed by atoms with Crippen LogP contribution in [0.4, 0.5) is 16.4 Å². The van der Waals surface area contributed by atoms with Gasteiger partial charge in [-0.25, -0.2) is 9.93 Å². The smallest absolute Gasteiger partial charge is 0.343 e. The van der Waals surface area contributed by atoms with E-state index in [9.17, 15) is 13.2 Å². The van der Waals surface area contributed by atoms with Gasteiger partial charge in [-0.3, -0.25) is 5.32 Å². The van der Waals surface area contributed by atoms with Crippen LogP contribution in [0.1, 0.15) is 5.56 Å². The number of rotatable bonds is 5. The van der Waals surface area contributed by atoms with Crippen LogP contribution in [-0.2, 0) is 10.2 Å². The molecule has 27 heavy (non-hydrogen) atoms. The monoisotopic (exact) mass is 455 g/mol. The molecule has 2 rings (SSSR count). The van der Waals surface area contributed by atoms with Crippen LogP contribution in [0.2, 0.25) is 0 Å². The zero-order valence-electron chi connectivity index (χ0n) is 14.1. The summed E-state index contributed by atoms with van der Waals surface area (Å²) in [7, 11) is -1.71. The van der Waals surface area contributed by atoms with Crippen molar-refractivity contribution in [1.82, 2.24) is 9.97 Å². The fourth-order valence-electron chi connectivity index (χ4n) is 1.93. The summed E-state index contributed by atoms with van der Waals surface area (Å²) >= 11 is 2.96. The predicted molar refractivity (Wildman–Crippen MR) is 102 cm³/mol. The molecule has 0 saturated heterocycles. The molecule has 0 bridgehead atoms. The molecule has 0 aliphatic heterocycles. The summed E-state index contributed by atoms with van der Waals surface area (Å²) in [6, 6.07) is 6.11. The second-order valence-electron chi connectivity index (χ2n) is 4.78. The largest absolute Gasteiger partial charge is 0.481 e. The number of halogens is 1. The highest BCUT2D eigenvalue weighted by Gasteiger charge is 2.27. The van der Waals surface area contributed by atoms with E-state index in [0.29, 0.717) is 9.87 Å². The summed E-state index contributed by atoms with van der Waals surface area (Å²) in [5.41, 5.74) is 0.608. The van der Waals surface area contributed by atoms with Gasteiger partial charge >= 0.3 is 16.2 Å². The van der Waals surface area contributed by atoms with E-state index in [1.54, 1.807) is 0 Å². The quantitative estimate of drug-likeness (QED) is 0.650. The number of urea groups is 1. The third-order valence-corrected chi connectivity index (χ3v) is 4.13. The lowest BCUT2D eigenvalue weighted by Crippen LogP contribution is -2.44. The van der Waals surface area contributed by atoms with Gasteiger partial charge in [-0.15, -0.1) is 0 Å². The number of carbonyl (C=O) groups excluding carboxylic acids is 1. The van der Waals surface area contributed by atoms with Crippen molar-refractivity contribution >= 4 is 43.8 Å². The average molecular weight is 456 g/mol. The van der Waals surface area contributed by atoms with E-state index in [0.717, 1.165) is 0 Å². The normalized spacial score (nSPS) is 10.4. The summed E-state index contributed by atoms with van der Waals surface area (Å²) in [4.78, 5) is 22.9. The van der Waals surface area contributed by atoms with Crippen molar-refractivity contribution in [2.45, 2.75) is 0 Å². The minimum atomic E-state index is -4.44. The number of amides is 2. The number of hydrogen-bond donors (Lipinski definition) is 2. The Labute approximate surface area is 164 Å². The Kier molecular flexibility index (Phi) is 6.56. The van der Waals surface area contributed by atoms with E-state index < -0.39 is 16.2 Å². The molecule has 142 valence electrons. The molecule has 12 heteroatoms. The number of anilines is 2. The van der Waals surface area contributed by atoms with Gasteiger partial charge in [0.15, 0.2) is 0 Å². The number of ether oxygens (including phenoxy) is 2. The highest BCUT2D eigenvalue weighted by molar-refractivity contribution is 9.12. The van der Waals surface area contributed by atoms with Crippen LogP contribution in [0.25, 0.3) is 0 Å². The van der Waals surface area contributed by atoms with Gasteiger partial charge in [0.1, 0.15) is 0 Å². The van der Waals surface area contributed by atoms with Gasteiger partial charge in [-0.2, -0.15) is 22.7 Å². The fraction of sp³-hybridized carbons (Fsp3) is 0.133. The van der Waals surface area contributed by atoms with Crippen LogP contribution < -0.4 is 24.2 Å². The van der Waals surface area contributed by atoms with E-state index >= 15 is 0 Å². The maximum absolute atomic E-state index is 12.5. The molecule has 0 aliphatic carbocycles. The predicted octanol–water partition coefficient (Wildman–Crippen LogP) is 1.44. The molecule has 0 spiro atoms. The minimum absolute atomic E-state index is 0.00461. The molecule has 0 aliphatic rings. The van der Waals surface area contributed by atoms with Crippen molar-refractivity contribution in [3.05, 3.63) is 35.9 Å². The molecule has 0 unspecified atom stereocenters.